The summed E-state index contributed by atoms with van der Waals surface area (Å²) in [6, 6.07) is 3.34. The average Bonchev–Trinajstić information content (AvgIpc) is 2.87. The van der Waals surface area contributed by atoms with Gasteiger partial charge in [0.05, 0.1) is 9.21 Å². The van der Waals surface area contributed by atoms with Crippen LogP contribution in [0.2, 0.25) is 4.34 Å². The number of likely N-dealkylation sites (tertiary alicyclic amines) is 1. The Labute approximate surface area is 126 Å². The van der Waals surface area contributed by atoms with E-state index in [9.17, 15) is 4.79 Å². The Morgan fingerprint density at radius 1 is 1.55 bits per heavy atom. The van der Waals surface area contributed by atoms with Crippen molar-refractivity contribution < 1.29 is 10.0 Å². The highest BCUT2D eigenvalue weighted by Crippen LogP contribution is 2.25. The van der Waals surface area contributed by atoms with E-state index in [0.29, 0.717) is 22.1 Å². The summed E-state index contributed by atoms with van der Waals surface area (Å²) in [5.41, 5.74) is 5.01. The van der Waals surface area contributed by atoms with Crippen molar-refractivity contribution in [2.75, 3.05) is 20.1 Å². The second kappa shape index (κ2) is 5.99. The number of hydrogen-bond donors (Lipinski definition) is 3. The van der Waals surface area contributed by atoms with E-state index in [-0.39, 0.29) is 11.7 Å². The minimum Gasteiger partial charge on any atom is -0.409 e. The Kier molecular flexibility index (Phi) is 4.52. The van der Waals surface area contributed by atoms with Crippen LogP contribution in [0.3, 0.4) is 0 Å². The SMILES string of the molecule is CN1CCC(NC(=O)c2ccc(Cl)s2)(C(N)=NO)CC1. The van der Waals surface area contributed by atoms with Crippen molar-refractivity contribution in [3.63, 3.8) is 0 Å². The number of carbonyl (C=O) groups is 1. The van der Waals surface area contributed by atoms with Crippen LogP contribution in [0, 0.1) is 0 Å². The fourth-order valence-electron chi connectivity index (χ4n) is 2.26. The monoisotopic (exact) mass is 316 g/mol. The third-order valence-corrected chi connectivity index (χ3v) is 4.82. The molecule has 0 unspecified atom stereocenters. The molecule has 8 heteroatoms. The zero-order chi connectivity index (χ0) is 14.8. The van der Waals surface area contributed by atoms with Gasteiger partial charge in [-0.05, 0) is 32.0 Å². The van der Waals surface area contributed by atoms with E-state index in [1.807, 2.05) is 7.05 Å². The number of rotatable bonds is 3. The fraction of sp³-hybridized carbons (Fsp3) is 0.500. The molecule has 1 fully saturated rings. The van der Waals surface area contributed by atoms with E-state index < -0.39 is 5.54 Å². The van der Waals surface area contributed by atoms with Crippen LogP contribution in [0.15, 0.2) is 17.3 Å². The average molecular weight is 317 g/mol. The largest absolute Gasteiger partial charge is 0.409 e. The molecule has 0 spiro atoms. The molecule has 2 heterocycles. The maximum absolute atomic E-state index is 12.3. The van der Waals surface area contributed by atoms with Gasteiger partial charge in [0.15, 0.2) is 5.84 Å². The van der Waals surface area contributed by atoms with Gasteiger partial charge in [-0.15, -0.1) is 11.3 Å². The molecule has 0 radical (unpaired) electrons. The summed E-state index contributed by atoms with van der Waals surface area (Å²) in [7, 11) is 2.00. The Bertz CT molecular complexity index is 523. The van der Waals surface area contributed by atoms with E-state index >= 15 is 0 Å². The maximum Gasteiger partial charge on any atom is 0.262 e. The summed E-state index contributed by atoms with van der Waals surface area (Å²) in [5.74, 6) is -0.209. The van der Waals surface area contributed by atoms with Gasteiger partial charge in [0.25, 0.3) is 5.91 Å². The number of halogens is 1. The molecule has 4 N–H and O–H groups in total. The van der Waals surface area contributed by atoms with Crippen molar-refractivity contribution in [2.24, 2.45) is 10.9 Å². The lowest BCUT2D eigenvalue weighted by molar-refractivity contribution is 0.0890. The van der Waals surface area contributed by atoms with Gasteiger partial charge < -0.3 is 21.2 Å². The molecule has 1 saturated heterocycles. The van der Waals surface area contributed by atoms with E-state index in [2.05, 4.69) is 15.4 Å². The van der Waals surface area contributed by atoms with Gasteiger partial charge in [-0.2, -0.15) is 0 Å². The van der Waals surface area contributed by atoms with E-state index in [1.165, 1.54) is 11.3 Å². The van der Waals surface area contributed by atoms with Gasteiger partial charge in [-0.25, -0.2) is 0 Å². The van der Waals surface area contributed by atoms with Crippen molar-refractivity contribution in [3.05, 3.63) is 21.3 Å². The molecule has 0 aromatic carbocycles. The minimum absolute atomic E-state index is 0.0432. The van der Waals surface area contributed by atoms with Crippen molar-refractivity contribution in [3.8, 4) is 0 Å². The second-order valence-electron chi connectivity index (χ2n) is 4.93. The third-order valence-electron chi connectivity index (χ3n) is 3.59. The number of nitrogens with two attached hydrogens (primary N) is 1. The van der Waals surface area contributed by atoms with Crippen LogP contribution >= 0.6 is 22.9 Å². The first-order chi connectivity index (χ1) is 9.47. The zero-order valence-electron chi connectivity index (χ0n) is 11.1. The fourth-order valence-corrected chi connectivity index (χ4v) is 3.19. The van der Waals surface area contributed by atoms with Gasteiger partial charge in [-0.1, -0.05) is 16.8 Å². The number of carbonyl (C=O) groups excluding carboxylic acids is 1. The van der Waals surface area contributed by atoms with Gasteiger partial charge >= 0.3 is 0 Å². The number of piperidine rings is 1. The van der Waals surface area contributed by atoms with Crippen molar-refractivity contribution in [1.82, 2.24) is 10.2 Å². The van der Waals surface area contributed by atoms with Crippen molar-refractivity contribution in [2.45, 2.75) is 18.4 Å². The predicted molar refractivity (Wildman–Crippen MR) is 79.7 cm³/mol. The number of amidine groups is 1. The van der Waals surface area contributed by atoms with Crippen LogP contribution in [0.1, 0.15) is 22.5 Å². The zero-order valence-corrected chi connectivity index (χ0v) is 12.7. The molecule has 0 aliphatic carbocycles. The van der Waals surface area contributed by atoms with Gasteiger partial charge in [0.2, 0.25) is 0 Å². The summed E-state index contributed by atoms with van der Waals surface area (Å²) >= 11 is 7.04. The van der Waals surface area contributed by atoms with Gasteiger partial charge in [0, 0.05) is 13.1 Å². The third kappa shape index (κ3) is 3.05. The van der Waals surface area contributed by atoms with E-state index in [0.717, 1.165) is 13.1 Å². The predicted octanol–water partition coefficient (Wildman–Crippen LogP) is 1.34. The van der Waals surface area contributed by atoms with Crippen molar-refractivity contribution in [1.29, 1.82) is 0 Å². The molecule has 0 saturated carbocycles. The summed E-state index contributed by atoms with van der Waals surface area (Å²) in [5, 5.41) is 15.0. The van der Waals surface area contributed by atoms with Crippen LogP contribution in [-0.2, 0) is 0 Å². The highest BCUT2D eigenvalue weighted by atomic mass is 35.5. The molecule has 0 bridgehead atoms. The first-order valence-electron chi connectivity index (χ1n) is 6.21. The summed E-state index contributed by atoms with van der Waals surface area (Å²) in [6.07, 6.45) is 1.20. The number of thiophene rings is 1. The Morgan fingerprint density at radius 2 is 2.20 bits per heavy atom. The lowest BCUT2D eigenvalue weighted by Gasteiger charge is -2.40. The number of nitrogens with zero attached hydrogens (tertiary/aromatic N) is 2. The lowest BCUT2D eigenvalue weighted by Crippen LogP contribution is -2.62. The van der Waals surface area contributed by atoms with Crippen LogP contribution in [-0.4, -0.2) is 47.5 Å². The highest BCUT2D eigenvalue weighted by molar-refractivity contribution is 7.18. The molecule has 1 aromatic heterocycles. The van der Waals surface area contributed by atoms with E-state index in [1.54, 1.807) is 12.1 Å². The topological polar surface area (TPSA) is 91.0 Å². The molecular weight excluding hydrogens is 300 g/mol. The van der Waals surface area contributed by atoms with E-state index in [4.69, 9.17) is 22.5 Å². The molecule has 1 aliphatic rings. The standard InChI is InChI=1S/C12H17ClN4O2S/c1-17-6-4-12(5-7-17,11(14)16-19)15-10(18)8-2-3-9(13)20-8/h2-3,19H,4-7H2,1H3,(H2,14,16)(H,15,18). The first-order valence-corrected chi connectivity index (χ1v) is 7.41. The maximum atomic E-state index is 12.3. The van der Waals surface area contributed by atoms with Gasteiger partial charge in [-0.3, -0.25) is 4.79 Å². The minimum atomic E-state index is -0.797. The summed E-state index contributed by atoms with van der Waals surface area (Å²) < 4.78 is 0.552. The molecule has 20 heavy (non-hydrogen) atoms. The summed E-state index contributed by atoms with van der Waals surface area (Å²) in [6.45, 7) is 1.53. The molecule has 1 aliphatic heterocycles. The van der Waals surface area contributed by atoms with Crippen LogP contribution in [0.4, 0.5) is 0 Å². The Morgan fingerprint density at radius 3 is 2.70 bits per heavy atom. The molecule has 1 amide bonds. The number of nitrogens with one attached hydrogen (secondary N) is 1. The van der Waals surface area contributed by atoms with Crippen LogP contribution in [0.25, 0.3) is 0 Å². The molecule has 6 nitrogen and oxygen atoms in total. The molecule has 2 rings (SSSR count). The second-order valence-corrected chi connectivity index (χ2v) is 6.64. The van der Waals surface area contributed by atoms with Crippen LogP contribution < -0.4 is 11.1 Å². The smallest absolute Gasteiger partial charge is 0.262 e. The number of oxime groups is 1. The number of amides is 1. The Hall–Kier alpha value is -1.31. The molecular formula is C12H17ClN4O2S. The molecule has 0 atom stereocenters. The van der Waals surface area contributed by atoms with Gasteiger partial charge in [0.1, 0.15) is 5.54 Å². The van der Waals surface area contributed by atoms with Crippen LogP contribution in [0.5, 0.6) is 0 Å². The van der Waals surface area contributed by atoms with Crippen molar-refractivity contribution >= 4 is 34.7 Å². The Balaban J connectivity index is 2.18. The lowest BCUT2D eigenvalue weighted by atomic mass is 9.86. The number of hydrogen-bond acceptors (Lipinski definition) is 5. The normalized spacial score (nSPS) is 19.8. The summed E-state index contributed by atoms with van der Waals surface area (Å²) in [4.78, 5) is 14.9. The highest BCUT2D eigenvalue weighted by Gasteiger charge is 2.39. The quantitative estimate of drug-likeness (QED) is 0.340. The first kappa shape index (κ1) is 15.1. The molecule has 1 aromatic rings. The molecule has 110 valence electrons.